The van der Waals surface area contributed by atoms with Gasteiger partial charge in [-0.2, -0.15) is 0 Å². The number of aryl methyl sites for hydroxylation is 1. The highest BCUT2D eigenvalue weighted by molar-refractivity contribution is 5.85. The van der Waals surface area contributed by atoms with Gasteiger partial charge < -0.3 is 10.2 Å². The molecule has 0 bridgehead atoms. The van der Waals surface area contributed by atoms with Crippen molar-refractivity contribution in [3.8, 4) is 0 Å². The summed E-state index contributed by atoms with van der Waals surface area (Å²) in [6.07, 6.45) is 3.30. The second kappa shape index (κ2) is 8.40. The van der Waals surface area contributed by atoms with Crippen molar-refractivity contribution in [3.63, 3.8) is 0 Å². The second-order valence-corrected chi connectivity index (χ2v) is 5.73. The van der Waals surface area contributed by atoms with E-state index in [9.17, 15) is 4.79 Å². The Bertz CT molecular complexity index is 447. The van der Waals surface area contributed by atoms with E-state index in [0.29, 0.717) is 6.04 Å². The summed E-state index contributed by atoms with van der Waals surface area (Å²) in [6, 6.07) is 8.90. The largest absolute Gasteiger partial charge is 0.341 e. The monoisotopic (exact) mass is 310 g/mol. The summed E-state index contributed by atoms with van der Waals surface area (Å²) in [5, 5.41) is 3.29. The third-order valence-electron chi connectivity index (χ3n) is 4.40. The number of likely N-dealkylation sites (tertiary alicyclic amines) is 1. The molecule has 0 aromatic heterocycles. The van der Waals surface area contributed by atoms with Crippen molar-refractivity contribution in [1.82, 2.24) is 10.2 Å². The average molecular weight is 311 g/mol. The Kier molecular flexibility index (Phi) is 7.20. The normalized spacial score (nSPS) is 19.8. The smallest absolute Gasteiger partial charge is 0.229 e. The molecule has 1 aromatic rings. The fourth-order valence-electron chi connectivity index (χ4n) is 2.87. The summed E-state index contributed by atoms with van der Waals surface area (Å²) in [6.45, 7) is 5.91. The van der Waals surface area contributed by atoms with Crippen molar-refractivity contribution >= 4 is 18.3 Å². The van der Waals surface area contributed by atoms with E-state index in [1.54, 1.807) is 0 Å². The number of carbonyl (C=O) groups is 1. The fraction of sp³-hybridized carbons (Fsp3) is 0.588. The molecular formula is C17H27ClN2O. The summed E-state index contributed by atoms with van der Waals surface area (Å²) in [5.74, 6) is 0.214. The van der Waals surface area contributed by atoms with E-state index in [1.807, 2.05) is 18.9 Å². The number of hydrogen-bond acceptors (Lipinski definition) is 2. The Balaban J connectivity index is 0.00000220. The summed E-state index contributed by atoms with van der Waals surface area (Å²) in [7, 11) is 1.98. The van der Waals surface area contributed by atoms with Crippen LogP contribution in [0.2, 0.25) is 0 Å². The lowest BCUT2D eigenvalue weighted by atomic mass is 9.96. The van der Waals surface area contributed by atoms with E-state index >= 15 is 0 Å². The van der Waals surface area contributed by atoms with Gasteiger partial charge in [-0.05, 0) is 44.4 Å². The molecule has 118 valence electrons. The summed E-state index contributed by atoms with van der Waals surface area (Å²) in [5.41, 5.74) is 2.44. The lowest BCUT2D eigenvalue weighted by molar-refractivity contribution is -0.133. The number of likely N-dealkylation sites (N-methyl/N-ethyl adjacent to an activating group) is 1. The molecule has 21 heavy (non-hydrogen) atoms. The number of carbonyl (C=O) groups excluding carboxylic acids is 1. The molecule has 0 saturated carbocycles. The van der Waals surface area contributed by atoms with Crippen LogP contribution in [-0.2, 0) is 11.2 Å². The van der Waals surface area contributed by atoms with Crippen LogP contribution in [-0.4, -0.2) is 37.0 Å². The second-order valence-electron chi connectivity index (χ2n) is 5.73. The van der Waals surface area contributed by atoms with Crippen LogP contribution >= 0.6 is 12.4 Å². The standard InChI is InChI=1S/C17H26N2O.ClH/c1-4-14-7-9-15(10-8-14)13(2)17(20)19-11-5-6-16(12-19)18-3;/h7-10,13,16,18H,4-6,11-12H2,1-3H3;1H. The van der Waals surface area contributed by atoms with Gasteiger partial charge in [0, 0.05) is 19.1 Å². The predicted octanol–water partition coefficient (Wildman–Crippen LogP) is 2.98. The van der Waals surface area contributed by atoms with Gasteiger partial charge in [-0.3, -0.25) is 4.79 Å². The minimum atomic E-state index is -0.0449. The highest BCUT2D eigenvalue weighted by Crippen LogP contribution is 2.21. The number of amides is 1. The predicted molar refractivity (Wildman–Crippen MR) is 90.1 cm³/mol. The Morgan fingerprint density at radius 1 is 1.38 bits per heavy atom. The molecule has 1 aliphatic rings. The first-order chi connectivity index (χ1) is 9.65. The molecule has 1 fully saturated rings. The number of halogens is 1. The SMILES string of the molecule is CCc1ccc(C(C)C(=O)N2CCCC(NC)C2)cc1.Cl. The molecule has 3 nitrogen and oxygen atoms in total. The first-order valence-electron chi connectivity index (χ1n) is 7.70. The van der Waals surface area contributed by atoms with Gasteiger partial charge >= 0.3 is 0 Å². The highest BCUT2D eigenvalue weighted by Gasteiger charge is 2.26. The first-order valence-corrected chi connectivity index (χ1v) is 7.70. The molecule has 4 heteroatoms. The van der Waals surface area contributed by atoms with Crippen LogP contribution < -0.4 is 5.32 Å². The van der Waals surface area contributed by atoms with Gasteiger partial charge in [0.25, 0.3) is 0 Å². The van der Waals surface area contributed by atoms with Crippen LogP contribution in [0, 0.1) is 0 Å². The lowest BCUT2D eigenvalue weighted by Gasteiger charge is -2.34. The Labute approximate surface area is 134 Å². The number of nitrogens with one attached hydrogen (secondary N) is 1. The molecule has 2 rings (SSSR count). The topological polar surface area (TPSA) is 32.3 Å². The van der Waals surface area contributed by atoms with E-state index in [4.69, 9.17) is 0 Å². The third kappa shape index (κ3) is 4.45. The lowest BCUT2D eigenvalue weighted by Crippen LogP contribution is -2.48. The molecule has 0 spiro atoms. The average Bonchev–Trinajstić information content (AvgIpc) is 2.53. The zero-order chi connectivity index (χ0) is 14.5. The fourth-order valence-corrected chi connectivity index (χ4v) is 2.87. The van der Waals surface area contributed by atoms with Gasteiger partial charge in [-0.1, -0.05) is 31.2 Å². The van der Waals surface area contributed by atoms with Crippen LogP contribution in [0.3, 0.4) is 0 Å². The molecule has 1 aliphatic heterocycles. The van der Waals surface area contributed by atoms with Gasteiger partial charge in [-0.15, -0.1) is 12.4 Å². The van der Waals surface area contributed by atoms with E-state index < -0.39 is 0 Å². The maximum atomic E-state index is 12.6. The van der Waals surface area contributed by atoms with Crippen molar-refractivity contribution in [2.24, 2.45) is 0 Å². The molecular weight excluding hydrogens is 284 g/mol. The van der Waals surface area contributed by atoms with Crippen molar-refractivity contribution in [3.05, 3.63) is 35.4 Å². The minimum Gasteiger partial charge on any atom is -0.341 e. The summed E-state index contributed by atoms with van der Waals surface area (Å²) >= 11 is 0. The van der Waals surface area contributed by atoms with Crippen molar-refractivity contribution in [1.29, 1.82) is 0 Å². The number of piperidine rings is 1. The maximum absolute atomic E-state index is 12.6. The van der Waals surface area contributed by atoms with Gasteiger partial charge in [-0.25, -0.2) is 0 Å². The van der Waals surface area contributed by atoms with Crippen LogP contribution in [0.25, 0.3) is 0 Å². The molecule has 1 saturated heterocycles. The summed E-state index contributed by atoms with van der Waals surface area (Å²) in [4.78, 5) is 14.6. The van der Waals surface area contributed by atoms with Gasteiger partial charge in [0.2, 0.25) is 5.91 Å². The summed E-state index contributed by atoms with van der Waals surface area (Å²) < 4.78 is 0. The molecule has 1 aromatic carbocycles. The number of benzene rings is 1. The first kappa shape index (κ1) is 18.0. The zero-order valence-corrected chi connectivity index (χ0v) is 14.1. The van der Waals surface area contributed by atoms with Crippen LogP contribution in [0.4, 0.5) is 0 Å². The zero-order valence-electron chi connectivity index (χ0n) is 13.3. The van der Waals surface area contributed by atoms with Gasteiger partial charge in [0.1, 0.15) is 0 Å². The van der Waals surface area contributed by atoms with Crippen LogP contribution in [0.1, 0.15) is 43.7 Å². The highest BCUT2D eigenvalue weighted by atomic mass is 35.5. The number of hydrogen-bond donors (Lipinski definition) is 1. The van der Waals surface area contributed by atoms with Crippen molar-refractivity contribution in [2.45, 2.75) is 45.1 Å². The Morgan fingerprint density at radius 3 is 2.62 bits per heavy atom. The number of nitrogens with zero attached hydrogens (tertiary/aromatic N) is 1. The van der Waals surface area contributed by atoms with Gasteiger partial charge in [0.05, 0.1) is 5.92 Å². The van der Waals surface area contributed by atoms with Crippen molar-refractivity contribution in [2.75, 3.05) is 20.1 Å². The van der Waals surface area contributed by atoms with Gasteiger partial charge in [0.15, 0.2) is 0 Å². The van der Waals surface area contributed by atoms with Crippen LogP contribution in [0.15, 0.2) is 24.3 Å². The van der Waals surface area contributed by atoms with E-state index in [-0.39, 0.29) is 24.2 Å². The molecule has 1 N–H and O–H groups in total. The van der Waals surface area contributed by atoms with Crippen LogP contribution in [0.5, 0.6) is 0 Å². The quantitative estimate of drug-likeness (QED) is 0.927. The molecule has 0 radical (unpaired) electrons. The molecule has 0 aliphatic carbocycles. The Hall–Kier alpha value is -1.06. The maximum Gasteiger partial charge on any atom is 0.229 e. The molecule has 2 atom stereocenters. The van der Waals surface area contributed by atoms with Crippen molar-refractivity contribution < 1.29 is 4.79 Å². The van der Waals surface area contributed by atoms with E-state index in [2.05, 4.69) is 36.5 Å². The van der Waals surface area contributed by atoms with E-state index in [0.717, 1.165) is 31.5 Å². The van der Waals surface area contributed by atoms with E-state index in [1.165, 1.54) is 12.0 Å². The molecule has 2 unspecified atom stereocenters. The third-order valence-corrected chi connectivity index (χ3v) is 4.40. The molecule has 1 heterocycles. The molecule has 1 amide bonds. The Morgan fingerprint density at radius 2 is 2.05 bits per heavy atom. The number of rotatable bonds is 4. The minimum absolute atomic E-state index is 0.